The van der Waals surface area contributed by atoms with Crippen molar-refractivity contribution < 1.29 is 61.4 Å². The van der Waals surface area contributed by atoms with Gasteiger partial charge >= 0.3 is 12.1 Å². The molecule has 350 valence electrons. The van der Waals surface area contributed by atoms with Gasteiger partial charge in [0.05, 0.1) is 18.2 Å². The Bertz CT molecular complexity index is 2060. The molecule has 0 bridgehead atoms. The predicted molar refractivity (Wildman–Crippen MR) is 227 cm³/mol. The lowest BCUT2D eigenvalue weighted by Crippen LogP contribution is -2.56. The standard InChI is InChI=1S/C41H56N8O8.C2HF3O2/c1-6-12-30(48-38(54)25(5)46-37(53)24(4)42)39(55)45-22-33(50)47-31(21-23(2)3)41(57)49-20-10-17-32(49)40(56)44-19-11-18-43-29-16-9-15-28-34(29)36(52)27-14-8-7-13-26(27)35(28)51;3-2(4,5)1(6)7/h7-9,13-16,23-25,30-32,43H,6,10-12,17-22,42H2,1-5H3,(H,44,56)(H,45,55)(H,46,53)(H,47,50)(H,48,54);(H,6,7)/t24-,25-,30-,31-,32-;/m0./s1. The Kier molecular flexibility index (Phi) is 19.4. The van der Waals surface area contributed by atoms with Gasteiger partial charge in [-0.25, -0.2) is 4.79 Å². The van der Waals surface area contributed by atoms with E-state index >= 15 is 0 Å². The van der Waals surface area contributed by atoms with Gasteiger partial charge in [-0.1, -0.05) is 63.6 Å². The first-order valence-corrected chi connectivity index (χ1v) is 21.0. The van der Waals surface area contributed by atoms with Crippen molar-refractivity contribution in [3.8, 4) is 0 Å². The summed E-state index contributed by atoms with van der Waals surface area (Å²) >= 11 is 0. The van der Waals surface area contributed by atoms with Crippen LogP contribution in [0.2, 0.25) is 0 Å². The molecule has 0 radical (unpaired) electrons. The van der Waals surface area contributed by atoms with E-state index < -0.39 is 78.4 Å². The van der Waals surface area contributed by atoms with Crippen molar-refractivity contribution in [3.05, 3.63) is 64.7 Å². The largest absolute Gasteiger partial charge is 0.490 e. The van der Waals surface area contributed by atoms with E-state index in [1.807, 2.05) is 20.8 Å². The second-order valence-electron chi connectivity index (χ2n) is 15.8. The summed E-state index contributed by atoms with van der Waals surface area (Å²) < 4.78 is 31.7. The maximum absolute atomic E-state index is 13.8. The first-order chi connectivity index (χ1) is 30.1. The number of hydrogen-bond donors (Lipinski definition) is 8. The molecular weight excluding hydrogens is 846 g/mol. The van der Waals surface area contributed by atoms with E-state index in [0.29, 0.717) is 79.7 Å². The molecule has 21 heteroatoms. The number of carbonyl (C=O) groups is 9. The summed E-state index contributed by atoms with van der Waals surface area (Å²) in [5, 5.41) is 23.6. The number of rotatable bonds is 19. The number of hydrogen-bond acceptors (Lipinski definition) is 11. The Morgan fingerprint density at radius 3 is 2.03 bits per heavy atom. The Morgan fingerprint density at radius 1 is 0.812 bits per heavy atom. The number of carbonyl (C=O) groups excluding carboxylic acids is 8. The zero-order valence-corrected chi connectivity index (χ0v) is 36.4. The van der Waals surface area contributed by atoms with E-state index in [-0.39, 0.29) is 29.8 Å². The van der Waals surface area contributed by atoms with Crippen LogP contribution in [0.5, 0.6) is 0 Å². The second kappa shape index (κ2) is 23.9. The molecule has 1 fully saturated rings. The minimum absolute atomic E-state index is 0.0171. The fourth-order valence-corrected chi connectivity index (χ4v) is 6.93. The van der Waals surface area contributed by atoms with E-state index in [4.69, 9.17) is 15.6 Å². The minimum Gasteiger partial charge on any atom is -0.475 e. The van der Waals surface area contributed by atoms with E-state index in [1.165, 1.54) is 18.7 Å². The molecule has 1 aliphatic carbocycles. The molecule has 2 aliphatic rings. The van der Waals surface area contributed by atoms with Crippen LogP contribution in [0.4, 0.5) is 18.9 Å². The summed E-state index contributed by atoms with van der Waals surface area (Å²) in [6.45, 7) is 9.19. The minimum atomic E-state index is -5.08. The van der Waals surface area contributed by atoms with Gasteiger partial charge in [0, 0.05) is 42.0 Å². The van der Waals surface area contributed by atoms with Crippen LogP contribution in [0.15, 0.2) is 42.5 Å². The summed E-state index contributed by atoms with van der Waals surface area (Å²) in [6, 6.07) is 7.48. The molecule has 4 rings (SSSR count). The lowest BCUT2D eigenvalue weighted by atomic mass is 9.83. The molecule has 0 saturated carbocycles. The lowest BCUT2D eigenvalue weighted by molar-refractivity contribution is -0.192. The van der Waals surface area contributed by atoms with Crippen LogP contribution in [0.1, 0.15) is 105 Å². The number of benzene rings is 2. The fraction of sp³-hybridized carbons (Fsp3) is 0.512. The summed E-state index contributed by atoms with van der Waals surface area (Å²) in [5.41, 5.74) is 7.52. The summed E-state index contributed by atoms with van der Waals surface area (Å²) in [6.07, 6.45) is -2.38. The smallest absolute Gasteiger partial charge is 0.475 e. The molecule has 2 aromatic rings. The van der Waals surface area contributed by atoms with Crippen molar-refractivity contribution in [2.75, 3.05) is 31.5 Å². The monoisotopic (exact) mass is 902 g/mol. The van der Waals surface area contributed by atoms with Crippen molar-refractivity contribution in [2.45, 2.75) is 110 Å². The van der Waals surface area contributed by atoms with Crippen molar-refractivity contribution in [1.29, 1.82) is 0 Å². The number of nitrogens with two attached hydrogens (primary N) is 1. The van der Waals surface area contributed by atoms with Gasteiger partial charge in [-0.05, 0) is 57.9 Å². The first-order valence-electron chi connectivity index (χ1n) is 21.0. The van der Waals surface area contributed by atoms with Crippen LogP contribution in [0.25, 0.3) is 0 Å². The average Bonchev–Trinajstić information content (AvgIpc) is 3.74. The third kappa shape index (κ3) is 14.6. The number of carboxylic acids is 1. The van der Waals surface area contributed by atoms with Gasteiger partial charge in [-0.15, -0.1) is 0 Å². The zero-order chi connectivity index (χ0) is 47.9. The van der Waals surface area contributed by atoms with Crippen molar-refractivity contribution >= 4 is 58.7 Å². The highest BCUT2D eigenvalue weighted by molar-refractivity contribution is 6.30. The van der Waals surface area contributed by atoms with Gasteiger partial charge in [0.1, 0.15) is 24.2 Å². The molecule has 9 N–H and O–H groups in total. The van der Waals surface area contributed by atoms with Crippen LogP contribution in [0, 0.1) is 5.92 Å². The Morgan fingerprint density at radius 2 is 1.44 bits per heavy atom. The van der Waals surface area contributed by atoms with Gasteiger partial charge in [-0.3, -0.25) is 38.4 Å². The molecule has 0 unspecified atom stereocenters. The van der Waals surface area contributed by atoms with E-state index in [9.17, 15) is 51.5 Å². The number of fused-ring (bicyclic) bond motifs is 2. The maximum atomic E-state index is 13.8. The van der Waals surface area contributed by atoms with Crippen LogP contribution >= 0.6 is 0 Å². The number of amides is 6. The molecular formula is C43H57F3N8O10. The number of halogens is 3. The highest BCUT2D eigenvalue weighted by Gasteiger charge is 2.39. The summed E-state index contributed by atoms with van der Waals surface area (Å²) in [5.74, 6) is -6.18. The van der Waals surface area contributed by atoms with Gasteiger partial charge in [0.2, 0.25) is 35.4 Å². The van der Waals surface area contributed by atoms with E-state index in [0.717, 1.165) is 0 Å². The van der Waals surface area contributed by atoms with Crippen molar-refractivity contribution in [3.63, 3.8) is 0 Å². The van der Waals surface area contributed by atoms with Crippen molar-refractivity contribution in [2.24, 2.45) is 11.7 Å². The SMILES string of the molecule is CCC[C@H](NC(=O)[C@H](C)NC(=O)[C@H](C)N)C(=O)NCC(=O)N[C@@H](CC(C)C)C(=O)N1CCC[C@H]1C(=O)NCCCNc1cccc2c1C(=O)c1ccccc1C2=O.O=C(O)C(F)(F)F. The summed E-state index contributed by atoms with van der Waals surface area (Å²) in [7, 11) is 0. The molecule has 6 amide bonds. The Balaban J connectivity index is 0.00000143. The second-order valence-corrected chi connectivity index (χ2v) is 15.8. The fourth-order valence-electron chi connectivity index (χ4n) is 6.93. The van der Waals surface area contributed by atoms with Gasteiger partial charge < -0.3 is 47.6 Å². The number of nitrogens with one attached hydrogen (secondary N) is 6. The topological polar surface area (TPSA) is 275 Å². The molecule has 5 atom stereocenters. The number of aliphatic carboxylic acids is 1. The number of anilines is 1. The highest BCUT2D eigenvalue weighted by Crippen LogP contribution is 2.32. The molecule has 64 heavy (non-hydrogen) atoms. The molecule has 1 aliphatic heterocycles. The Hall–Kier alpha value is -6.38. The molecule has 0 aromatic heterocycles. The molecule has 18 nitrogen and oxygen atoms in total. The number of likely N-dealkylation sites (tertiary alicyclic amines) is 1. The third-order valence-electron chi connectivity index (χ3n) is 10.1. The highest BCUT2D eigenvalue weighted by atomic mass is 19.4. The van der Waals surface area contributed by atoms with E-state index in [2.05, 4.69) is 31.9 Å². The van der Waals surface area contributed by atoms with Crippen LogP contribution < -0.4 is 37.6 Å². The first kappa shape index (κ1) is 52.0. The van der Waals surface area contributed by atoms with Crippen LogP contribution in [-0.2, 0) is 33.6 Å². The van der Waals surface area contributed by atoms with Crippen LogP contribution in [-0.4, -0.2) is 126 Å². The number of ketones is 2. The number of carboxylic acid groups (broad SMARTS) is 1. The Labute approximate surface area is 368 Å². The van der Waals surface area contributed by atoms with Gasteiger partial charge in [0.15, 0.2) is 11.6 Å². The third-order valence-corrected chi connectivity index (χ3v) is 10.1. The lowest BCUT2D eigenvalue weighted by Gasteiger charge is -2.29. The number of alkyl halides is 3. The van der Waals surface area contributed by atoms with Gasteiger partial charge in [-0.2, -0.15) is 13.2 Å². The zero-order valence-electron chi connectivity index (χ0n) is 36.4. The van der Waals surface area contributed by atoms with E-state index in [1.54, 1.807) is 42.5 Å². The quantitative estimate of drug-likeness (QED) is 0.0801. The number of nitrogens with zero attached hydrogens (tertiary/aromatic N) is 1. The molecule has 1 heterocycles. The van der Waals surface area contributed by atoms with Crippen molar-refractivity contribution in [1.82, 2.24) is 31.5 Å². The molecule has 1 saturated heterocycles. The van der Waals surface area contributed by atoms with Crippen LogP contribution in [0.3, 0.4) is 0 Å². The normalized spacial score (nSPS) is 16.1. The maximum Gasteiger partial charge on any atom is 0.490 e. The predicted octanol–water partition coefficient (Wildman–Crippen LogP) is 1.79. The summed E-state index contributed by atoms with van der Waals surface area (Å²) in [4.78, 5) is 115. The average molecular weight is 903 g/mol. The van der Waals surface area contributed by atoms with Gasteiger partial charge in [0.25, 0.3) is 0 Å². The molecule has 2 aromatic carbocycles. The molecule has 0 spiro atoms.